The molecule has 0 amide bonds. The molecule has 4 fully saturated rings. The van der Waals surface area contributed by atoms with Gasteiger partial charge in [0.25, 0.3) is 0 Å². The van der Waals surface area contributed by atoms with E-state index in [1.165, 1.54) is 0 Å². The predicted molar refractivity (Wildman–Crippen MR) is 58.6 cm³/mol. The first kappa shape index (κ1) is 11.0. The molecule has 1 N–H and O–H groups in total. The van der Waals surface area contributed by atoms with Gasteiger partial charge in [-0.05, 0) is 50.4 Å². The first-order chi connectivity index (χ1) is 8.05. The third kappa shape index (κ3) is 1.64. The van der Waals surface area contributed by atoms with Crippen LogP contribution in [0, 0.1) is 28.6 Å². The van der Waals surface area contributed by atoms with Gasteiger partial charge in [0.1, 0.15) is 6.07 Å². The Kier molecular flexibility index (Phi) is 2.24. The molecule has 0 saturated heterocycles. The fourth-order valence-electron chi connectivity index (χ4n) is 4.70. The topological polar surface area (TPSA) is 70.3 Å². The highest BCUT2D eigenvalue weighted by Gasteiger charge is 2.60. The van der Waals surface area contributed by atoms with E-state index in [4.69, 9.17) is 10.00 Å². The van der Waals surface area contributed by atoms with E-state index >= 15 is 0 Å². The number of hydrogen-bond acceptors (Lipinski definition) is 4. The van der Waals surface area contributed by atoms with Gasteiger partial charge in [0, 0.05) is 0 Å². The molecule has 92 valence electrons. The molecule has 17 heavy (non-hydrogen) atoms. The zero-order valence-electron chi connectivity index (χ0n) is 9.82. The first-order valence-electron chi connectivity index (χ1n) is 6.32. The molecule has 4 nitrogen and oxygen atoms in total. The Morgan fingerprint density at radius 1 is 1.35 bits per heavy atom. The highest BCUT2D eigenvalue weighted by molar-refractivity contribution is 5.78. The predicted octanol–water partition coefficient (Wildman–Crippen LogP) is 1.38. The van der Waals surface area contributed by atoms with E-state index in [1.54, 1.807) is 0 Å². The van der Waals surface area contributed by atoms with Crippen molar-refractivity contribution in [2.24, 2.45) is 17.3 Å². The minimum Gasteiger partial charge on any atom is -0.450 e. The average Bonchev–Trinajstić information content (AvgIpc) is 2.22. The Labute approximate surface area is 101 Å². The number of ether oxygens (including phenoxy) is 1. The second-order valence-corrected chi connectivity index (χ2v) is 6.20. The molecule has 4 bridgehead atoms. The molecule has 4 rings (SSSR count). The maximum atomic E-state index is 12.1. The van der Waals surface area contributed by atoms with Crippen molar-refractivity contribution >= 4 is 5.97 Å². The standard InChI is InChI=1S/C13H17NO3/c14-1-2-17-11(15)12-4-9-3-10(5-12)7-13(16,6-9)8-12/h9-10,16H,2-8H2/t9-,10-,12?,13?/m0/s1. The molecular weight excluding hydrogens is 218 g/mol. The Bertz CT molecular complexity index is 384. The van der Waals surface area contributed by atoms with Crippen molar-refractivity contribution in [3.05, 3.63) is 0 Å². The molecule has 0 unspecified atom stereocenters. The SMILES string of the molecule is N#CCOC(=O)C12C[C@@H]3C[C@H](CC(O)(C3)C1)C2. The highest BCUT2D eigenvalue weighted by atomic mass is 16.5. The summed E-state index contributed by atoms with van der Waals surface area (Å²) < 4.78 is 5.01. The highest BCUT2D eigenvalue weighted by Crippen LogP contribution is 2.61. The molecule has 0 aliphatic heterocycles. The van der Waals surface area contributed by atoms with Crippen molar-refractivity contribution in [2.75, 3.05) is 6.61 Å². The largest absolute Gasteiger partial charge is 0.450 e. The van der Waals surface area contributed by atoms with E-state index in [-0.39, 0.29) is 12.6 Å². The summed E-state index contributed by atoms with van der Waals surface area (Å²) in [5.41, 5.74) is -1.13. The van der Waals surface area contributed by atoms with Crippen molar-refractivity contribution in [2.45, 2.75) is 44.1 Å². The maximum Gasteiger partial charge on any atom is 0.313 e. The Balaban J connectivity index is 1.83. The summed E-state index contributed by atoms with van der Waals surface area (Å²) in [6, 6.07) is 1.83. The second-order valence-electron chi connectivity index (χ2n) is 6.20. The lowest BCUT2D eigenvalue weighted by Gasteiger charge is -2.58. The molecular formula is C13H17NO3. The fourth-order valence-corrected chi connectivity index (χ4v) is 4.70. The van der Waals surface area contributed by atoms with E-state index in [2.05, 4.69) is 0 Å². The van der Waals surface area contributed by atoms with Gasteiger partial charge in [0.2, 0.25) is 0 Å². The molecule has 4 aliphatic carbocycles. The summed E-state index contributed by atoms with van der Waals surface area (Å²) in [5, 5.41) is 18.9. The van der Waals surface area contributed by atoms with E-state index in [0.717, 1.165) is 32.1 Å². The van der Waals surface area contributed by atoms with E-state index < -0.39 is 11.0 Å². The summed E-state index contributed by atoms with van der Waals surface area (Å²) in [4.78, 5) is 12.1. The summed E-state index contributed by atoms with van der Waals surface area (Å²) >= 11 is 0. The molecule has 0 aromatic rings. The van der Waals surface area contributed by atoms with Crippen LogP contribution in [0.25, 0.3) is 0 Å². The summed E-state index contributed by atoms with van der Waals surface area (Å²) in [6.07, 6.45) is 5.06. The van der Waals surface area contributed by atoms with Crippen LogP contribution in [0.1, 0.15) is 38.5 Å². The van der Waals surface area contributed by atoms with Gasteiger partial charge in [0.15, 0.2) is 6.61 Å². The number of carbonyl (C=O) groups excluding carboxylic acids is 1. The number of aliphatic hydroxyl groups is 1. The lowest BCUT2D eigenvalue weighted by Crippen LogP contribution is -2.58. The van der Waals surface area contributed by atoms with Gasteiger partial charge in [-0.25, -0.2) is 0 Å². The van der Waals surface area contributed by atoms with Gasteiger partial charge < -0.3 is 9.84 Å². The van der Waals surface area contributed by atoms with Gasteiger partial charge in [-0.3, -0.25) is 4.79 Å². The van der Waals surface area contributed by atoms with Crippen molar-refractivity contribution in [1.29, 1.82) is 5.26 Å². The monoisotopic (exact) mass is 235 g/mol. The minimum absolute atomic E-state index is 0.172. The van der Waals surface area contributed by atoms with Crippen LogP contribution in [-0.4, -0.2) is 23.3 Å². The van der Waals surface area contributed by atoms with Gasteiger partial charge in [-0.1, -0.05) is 0 Å². The number of hydrogen-bond donors (Lipinski definition) is 1. The number of carbonyl (C=O) groups is 1. The Morgan fingerprint density at radius 2 is 2.00 bits per heavy atom. The quantitative estimate of drug-likeness (QED) is 0.734. The van der Waals surface area contributed by atoms with Crippen LogP contribution in [0.15, 0.2) is 0 Å². The molecule has 2 atom stereocenters. The Hall–Kier alpha value is -1.08. The normalized spacial score (nSPS) is 46.6. The lowest BCUT2D eigenvalue weighted by molar-refractivity contribution is -0.195. The van der Waals surface area contributed by atoms with Gasteiger partial charge >= 0.3 is 5.97 Å². The van der Waals surface area contributed by atoms with Crippen LogP contribution >= 0.6 is 0 Å². The maximum absolute atomic E-state index is 12.1. The zero-order chi connectivity index (χ0) is 12.1. The molecule has 0 aromatic heterocycles. The minimum atomic E-state index is -0.643. The van der Waals surface area contributed by atoms with Crippen molar-refractivity contribution in [3.8, 4) is 6.07 Å². The van der Waals surface area contributed by atoms with Crippen LogP contribution in [0.5, 0.6) is 0 Å². The number of esters is 1. The van der Waals surface area contributed by atoms with Crippen LogP contribution in [0.3, 0.4) is 0 Å². The molecule has 0 spiro atoms. The van der Waals surface area contributed by atoms with Crippen LogP contribution in [0.4, 0.5) is 0 Å². The second kappa shape index (κ2) is 3.46. The van der Waals surface area contributed by atoms with Crippen molar-refractivity contribution < 1.29 is 14.6 Å². The number of nitriles is 1. The van der Waals surface area contributed by atoms with Gasteiger partial charge in [0.05, 0.1) is 11.0 Å². The van der Waals surface area contributed by atoms with Crippen LogP contribution in [-0.2, 0) is 9.53 Å². The third-order valence-corrected chi connectivity index (χ3v) is 4.73. The molecule has 0 heterocycles. The van der Waals surface area contributed by atoms with Crippen LogP contribution in [0.2, 0.25) is 0 Å². The van der Waals surface area contributed by atoms with E-state index in [0.29, 0.717) is 18.3 Å². The number of nitrogens with zero attached hydrogens (tertiary/aromatic N) is 1. The Morgan fingerprint density at radius 3 is 2.53 bits per heavy atom. The average molecular weight is 235 g/mol. The third-order valence-electron chi connectivity index (χ3n) is 4.73. The number of rotatable bonds is 2. The van der Waals surface area contributed by atoms with Gasteiger partial charge in [-0.15, -0.1) is 0 Å². The lowest BCUT2D eigenvalue weighted by atomic mass is 9.48. The fraction of sp³-hybridized carbons (Fsp3) is 0.846. The molecule has 0 radical (unpaired) electrons. The van der Waals surface area contributed by atoms with Crippen molar-refractivity contribution in [1.82, 2.24) is 0 Å². The summed E-state index contributed by atoms with van der Waals surface area (Å²) in [7, 11) is 0. The van der Waals surface area contributed by atoms with E-state index in [9.17, 15) is 9.90 Å². The van der Waals surface area contributed by atoms with Crippen LogP contribution < -0.4 is 0 Å². The molecule has 4 heteroatoms. The van der Waals surface area contributed by atoms with Gasteiger partial charge in [-0.2, -0.15) is 5.26 Å². The first-order valence-corrected chi connectivity index (χ1v) is 6.32. The summed E-state index contributed by atoms with van der Waals surface area (Å²) in [5.74, 6) is 0.679. The molecule has 0 aromatic carbocycles. The zero-order valence-corrected chi connectivity index (χ0v) is 9.82. The molecule has 4 saturated carbocycles. The van der Waals surface area contributed by atoms with Crippen molar-refractivity contribution in [3.63, 3.8) is 0 Å². The smallest absolute Gasteiger partial charge is 0.313 e. The van der Waals surface area contributed by atoms with E-state index in [1.807, 2.05) is 6.07 Å². The summed E-state index contributed by atoms with van der Waals surface area (Å²) in [6.45, 7) is -0.172. The molecule has 4 aliphatic rings.